The highest BCUT2D eigenvalue weighted by Crippen LogP contribution is 2.49. The van der Waals surface area contributed by atoms with E-state index in [1.807, 2.05) is 0 Å². The molecule has 0 amide bonds. The summed E-state index contributed by atoms with van der Waals surface area (Å²) >= 11 is 0. The lowest BCUT2D eigenvalue weighted by molar-refractivity contribution is -0.360. The van der Waals surface area contributed by atoms with Crippen LogP contribution in [0.3, 0.4) is 0 Å². The second kappa shape index (κ2) is 53.7. The molecule has 19 unspecified atom stereocenters. The first kappa shape index (κ1) is 89.2. The predicted molar refractivity (Wildman–Crippen MR) is 365 cm³/mol. The molecule has 3 rings (SSSR count). The van der Waals surface area contributed by atoms with E-state index in [9.17, 15) is 74.9 Å². The van der Waals surface area contributed by atoms with Crippen LogP contribution in [0.4, 0.5) is 0 Å². The lowest BCUT2D eigenvalue weighted by Crippen LogP contribution is -2.69. The summed E-state index contributed by atoms with van der Waals surface area (Å²) in [4.78, 5) is 51.0. The molecule has 0 aromatic heterocycles. The second-order valence-corrected chi connectivity index (χ2v) is 29.4. The molecule has 1 saturated carbocycles. The highest BCUT2D eigenvalue weighted by molar-refractivity contribution is 7.47. The summed E-state index contributed by atoms with van der Waals surface area (Å²) in [7, 11) is -5.69. The van der Waals surface area contributed by atoms with Crippen LogP contribution in [0.1, 0.15) is 304 Å². The van der Waals surface area contributed by atoms with Gasteiger partial charge in [-0.25, -0.2) is 4.57 Å². The van der Waals surface area contributed by atoms with Gasteiger partial charge in [0.2, 0.25) is 0 Å². The Labute approximate surface area is 580 Å². The number of carbonyl (C=O) groups excluding carboxylic acids is 3. The number of hydrogen-bond donors (Lipinski definition) is 11. The zero-order chi connectivity index (χ0) is 71.2. The van der Waals surface area contributed by atoms with Gasteiger partial charge in [0.25, 0.3) is 0 Å². The summed E-state index contributed by atoms with van der Waals surface area (Å²) < 4.78 is 65.0. The molecule has 3 fully saturated rings. The maximum absolute atomic E-state index is 14.3. The van der Waals surface area contributed by atoms with Gasteiger partial charge in [0.15, 0.2) is 18.7 Å². The maximum Gasteiger partial charge on any atom is 0.472 e. The van der Waals surface area contributed by atoms with Crippen molar-refractivity contribution in [1.29, 1.82) is 0 Å². The Hall–Kier alpha value is -2.04. The molecule has 19 atom stereocenters. The number of ether oxygens (including phenoxy) is 7. The zero-order valence-corrected chi connectivity index (χ0v) is 60.7. The SMILES string of the molecule is CCCCCCCCCCCCCCCCCC(=O)OCC1OC(OC2C(O)C(O)C(O)C(OC3OC(CO)C(O)C(O)C3O)C2OP(=O)(O)OCC(COC(=O)CCCCCCCCC(C)CCCCCCCC)OC(=O)CCCCCCCCCCCCC)C(O)C(O)C1O. The lowest BCUT2D eigenvalue weighted by atomic mass is 9.84. The summed E-state index contributed by atoms with van der Waals surface area (Å²) in [6, 6.07) is 0. The van der Waals surface area contributed by atoms with Crippen molar-refractivity contribution in [3.05, 3.63) is 0 Å². The minimum absolute atomic E-state index is 0.0335. The largest absolute Gasteiger partial charge is 0.472 e. The molecule has 0 bridgehead atoms. The van der Waals surface area contributed by atoms with Crippen LogP contribution in [0.15, 0.2) is 0 Å². The Morgan fingerprint density at radius 2 is 0.722 bits per heavy atom. The molecule has 0 aromatic carbocycles. The van der Waals surface area contributed by atoms with Crippen LogP contribution in [-0.2, 0) is 61.2 Å². The maximum atomic E-state index is 14.3. The molecule has 0 spiro atoms. The molecule has 11 N–H and O–H groups in total. The monoisotopic (exact) mass is 1410 g/mol. The fourth-order valence-electron chi connectivity index (χ4n) is 12.9. The molecule has 1 aliphatic carbocycles. The van der Waals surface area contributed by atoms with E-state index in [1.165, 1.54) is 141 Å². The standard InChI is InChI=1S/C72H135O24P/c1-5-8-11-14-17-19-21-22-23-24-26-27-29-35-41-46-57(75)89-51-55-60(78)62(80)67(85)72(93-55)95-69-65(83)63(81)64(82)68(94-71-66(84)61(79)59(77)54(48-73)92-71)70(69)96-97(86,87)90-50-53(91-58(76)47-42-37-30-28-25-20-18-15-12-9-6-2)49-88-56(74)45-40-36-32-31-34-39-44-52(4)43-38-33-16-13-10-7-3/h52-55,59-73,77-85H,5-51H2,1-4H3,(H,86,87). The Bertz CT molecular complexity index is 2030. The molecule has 24 nitrogen and oxygen atoms in total. The van der Waals surface area contributed by atoms with Crippen molar-refractivity contribution < 1.29 is 117 Å². The van der Waals surface area contributed by atoms with Crippen molar-refractivity contribution in [1.82, 2.24) is 0 Å². The summed E-state index contributed by atoms with van der Waals surface area (Å²) in [5.74, 6) is -1.28. The molecule has 572 valence electrons. The quantitative estimate of drug-likeness (QED) is 0.0117. The third kappa shape index (κ3) is 37.3. The topological polar surface area (TPSA) is 374 Å². The van der Waals surface area contributed by atoms with E-state index in [2.05, 4.69) is 27.7 Å². The number of unbranched alkanes of at least 4 members (excludes halogenated alkanes) is 34. The molecule has 0 radical (unpaired) electrons. The molecule has 2 aliphatic heterocycles. The van der Waals surface area contributed by atoms with Crippen LogP contribution in [-0.4, -0.2) is 204 Å². The van der Waals surface area contributed by atoms with Gasteiger partial charge in [-0.2, -0.15) is 0 Å². The number of aliphatic hydroxyl groups is 10. The first-order valence-electron chi connectivity index (χ1n) is 38.2. The van der Waals surface area contributed by atoms with Crippen molar-refractivity contribution in [2.24, 2.45) is 5.92 Å². The number of aliphatic hydroxyl groups excluding tert-OH is 10. The third-order valence-corrected chi connectivity index (χ3v) is 20.3. The van der Waals surface area contributed by atoms with Crippen molar-refractivity contribution in [3.63, 3.8) is 0 Å². The van der Waals surface area contributed by atoms with Crippen LogP contribution in [0.5, 0.6) is 0 Å². The van der Waals surface area contributed by atoms with Crippen LogP contribution in [0.2, 0.25) is 0 Å². The second-order valence-electron chi connectivity index (χ2n) is 28.0. The molecule has 3 aliphatic rings. The third-order valence-electron chi connectivity index (χ3n) is 19.3. The number of esters is 3. The molecular formula is C72H135O24P. The van der Waals surface area contributed by atoms with Gasteiger partial charge in [-0.3, -0.25) is 23.4 Å². The number of phosphoric acid groups is 1. The van der Waals surface area contributed by atoms with E-state index in [-0.39, 0.29) is 19.3 Å². The fraction of sp³-hybridized carbons (Fsp3) is 0.958. The van der Waals surface area contributed by atoms with E-state index < -0.39 is 156 Å². The Morgan fingerprint density at radius 3 is 1.11 bits per heavy atom. The molecule has 2 heterocycles. The van der Waals surface area contributed by atoms with Crippen molar-refractivity contribution >= 4 is 25.7 Å². The average molecular weight is 1420 g/mol. The highest BCUT2D eigenvalue weighted by atomic mass is 31.2. The van der Waals surface area contributed by atoms with Crippen LogP contribution in [0.25, 0.3) is 0 Å². The van der Waals surface area contributed by atoms with Crippen molar-refractivity contribution in [2.45, 2.75) is 408 Å². The van der Waals surface area contributed by atoms with Gasteiger partial charge in [-0.05, 0) is 25.2 Å². The molecule has 97 heavy (non-hydrogen) atoms. The van der Waals surface area contributed by atoms with E-state index >= 15 is 0 Å². The normalized spacial score (nSPS) is 28.1. The molecular weight excluding hydrogens is 1280 g/mol. The summed E-state index contributed by atoms with van der Waals surface area (Å²) in [6.07, 6.45) is 8.94. The number of carbonyl (C=O) groups is 3. The van der Waals surface area contributed by atoms with Gasteiger partial charge in [-0.15, -0.1) is 0 Å². The first-order chi connectivity index (χ1) is 46.7. The van der Waals surface area contributed by atoms with E-state index in [0.717, 1.165) is 96.3 Å². The van der Waals surface area contributed by atoms with Crippen LogP contribution >= 0.6 is 7.82 Å². The first-order valence-corrected chi connectivity index (χ1v) is 39.7. The fourth-order valence-corrected chi connectivity index (χ4v) is 13.9. The summed E-state index contributed by atoms with van der Waals surface area (Å²) in [6.45, 7) is 5.78. The van der Waals surface area contributed by atoms with Crippen LogP contribution < -0.4 is 0 Å². The molecule has 0 aromatic rings. The summed E-state index contributed by atoms with van der Waals surface area (Å²) in [5, 5.41) is 110. The number of rotatable bonds is 59. The number of hydrogen-bond acceptors (Lipinski definition) is 23. The Morgan fingerprint density at radius 1 is 0.392 bits per heavy atom. The van der Waals surface area contributed by atoms with Gasteiger partial charge >= 0.3 is 25.7 Å². The Balaban J connectivity index is 1.73. The van der Waals surface area contributed by atoms with Crippen LogP contribution in [0, 0.1) is 5.92 Å². The van der Waals surface area contributed by atoms with Gasteiger partial charge in [0.1, 0.15) is 98.7 Å². The van der Waals surface area contributed by atoms with Gasteiger partial charge in [0.05, 0.1) is 13.2 Å². The average Bonchev–Trinajstić information content (AvgIpc) is 0.770. The number of phosphoric ester groups is 1. The zero-order valence-electron chi connectivity index (χ0n) is 59.8. The van der Waals surface area contributed by atoms with E-state index in [4.69, 9.17) is 42.2 Å². The molecule has 25 heteroatoms. The predicted octanol–water partition coefficient (Wildman–Crippen LogP) is 10.4. The Kier molecular flexibility index (Phi) is 49.4. The minimum Gasteiger partial charge on any atom is -0.463 e. The van der Waals surface area contributed by atoms with E-state index in [0.29, 0.717) is 25.2 Å². The highest BCUT2D eigenvalue weighted by Gasteiger charge is 2.58. The van der Waals surface area contributed by atoms with Crippen molar-refractivity contribution in [2.75, 3.05) is 26.4 Å². The lowest BCUT2D eigenvalue weighted by Gasteiger charge is -2.49. The molecule has 2 saturated heterocycles. The van der Waals surface area contributed by atoms with E-state index in [1.54, 1.807) is 0 Å². The summed E-state index contributed by atoms with van der Waals surface area (Å²) in [5.41, 5.74) is 0. The minimum atomic E-state index is -5.69. The van der Waals surface area contributed by atoms with Gasteiger partial charge in [-0.1, -0.05) is 265 Å². The van der Waals surface area contributed by atoms with Gasteiger partial charge < -0.3 is 89.1 Å². The van der Waals surface area contributed by atoms with Crippen molar-refractivity contribution in [3.8, 4) is 0 Å². The van der Waals surface area contributed by atoms with Gasteiger partial charge in [0, 0.05) is 19.3 Å². The smallest absolute Gasteiger partial charge is 0.463 e.